The van der Waals surface area contributed by atoms with Crippen LogP contribution in [0.2, 0.25) is 0 Å². The van der Waals surface area contributed by atoms with E-state index in [9.17, 15) is 10.1 Å². The van der Waals surface area contributed by atoms with E-state index >= 15 is 0 Å². The van der Waals surface area contributed by atoms with E-state index in [4.69, 9.17) is 13.6 Å². The van der Waals surface area contributed by atoms with Crippen LogP contribution in [-0.4, -0.2) is 42.0 Å². The standard InChI is InChI=1S/C23H24N4O4/c1-2-6-21(28)26-11-13-27(14-12-26)23-19(15-24)25-22(31-23)20-10-9-18(30-20)16-29-17-7-4-3-5-8-17/h3-5,7-10H,2,6,11-14,16H2,1H3. The van der Waals surface area contributed by atoms with Crippen molar-refractivity contribution in [3.8, 4) is 23.5 Å². The fourth-order valence-corrected chi connectivity index (χ4v) is 3.48. The first-order chi connectivity index (χ1) is 15.2. The Bertz CT molecular complexity index is 1060. The van der Waals surface area contributed by atoms with Crippen LogP contribution in [0.15, 0.2) is 51.3 Å². The molecule has 1 aliphatic rings. The number of benzene rings is 1. The van der Waals surface area contributed by atoms with Crippen molar-refractivity contribution < 1.29 is 18.4 Å². The molecule has 0 radical (unpaired) electrons. The van der Waals surface area contributed by atoms with E-state index in [1.54, 1.807) is 12.1 Å². The first kappa shape index (κ1) is 20.5. The number of piperazine rings is 1. The molecule has 8 nitrogen and oxygen atoms in total. The largest absolute Gasteiger partial charge is 0.486 e. The number of hydrogen-bond donors (Lipinski definition) is 0. The Morgan fingerprint density at radius 2 is 1.90 bits per heavy atom. The second kappa shape index (κ2) is 9.39. The van der Waals surface area contributed by atoms with Gasteiger partial charge in [-0.1, -0.05) is 25.1 Å². The van der Waals surface area contributed by atoms with Crippen LogP contribution in [0.3, 0.4) is 0 Å². The van der Waals surface area contributed by atoms with Crippen molar-refractivity contribution in [2.45, 2.75) is 26.4 Å². The Balaban J connectivity index is 1.43. The fourth-order valence-electron chi connectivity index (χ4n) is 3.48. The number of anilines is 1. The van der Waals surface area contributed by atoms with Crippen LogP contribution in [0, 0.1) is 11.3 Å². The van der Waals surface area contributed by atoms with Gasteiger partial charge < -0.3 is 23.4 Å². The minimum absolute atomic E-state index is 0.168. The average molecular weight is 420 g/mol. The van der Waals surface area contributed by atoms with Gasteiger partial charge in [0.05, 0.1) is 0 Å². The van der Waals surface area contributed by atoms with Gasteiger partial charge in [0.2, 0.25) is 17.5 Å². The van der Waals surface area contributed by atoms with Gasteiger partial charge in [-0.25, -0.2) is 0 Å². The highest BCUT2D eigenvalue weighted by Crippen LogP contribution is 2.30. The Hall–Kier alpha value is -3.73. The van der Waals surface area contributed by atoms with Gasteiger partial charge in [0.15, 0.2) is 5.76 Å². The Morgan fingerprint density at radius 1 is 1.13 bits per heavy atom. The summed E-state index contributed by atoms with van der Waals surface area (Å²) in [5, 5.41) is 9.52. The molecule has 0 saturated carbocycles. The molecule has 160 valence electrons. The van der Waals surface area contributed by atoms with E-state index in [1.165, 1.54) is 0 Å². The number of hydrogen-bond acceptors (Lipinski definition) is 7. The maximum Gasteiger partial charge on any atom is 0.266 e. The minimum Gasteiger partial charge on any atom is -0.486 e. The molecule has 0 N–H and O–H groups in total. The molecule has 1 amide bonds. The lowest BCUT2D eigenvalue weighted by molar-refractivity contribution is -0.131. The fraction of sp³-hybridized carbons (Fsp3) is 0.348. The lowest BCUT2D eigenvalue weighted by Crippen LogP contribution is -2.48. The van der Waals surface area contributed by atoms with Crippen molar-refractivity contribution in [1.29, 1.82) is 5.26 Å². The summed E-state index contributed by atoms with van der Waals surface area (Å²) >= 11 is 0. The maximum absolute atomic E-state index is 12.1. The van der Waals surface area contributed by atoms with Crippen LogP contribution in [-0.2, 0) is 11.4 Å². The second-order valence-electron chi connectivity index (χ2n) is 7.27. The number of carbonyl (C=O) groups excluding carboxylic acids is 1. The van der Waals surface area contributed by atoms with E-state index in [-0.39, 0.29) is 24.1 Å². The molecule has 3 heterocycles. The molecule has 4 rings (SSSR count). The van der Waals surface area contributed by atoms with E-state index in [0.29, 0.717) is 50.0 Å². The number of furan rings is 1. The normalized spacial score (nSPS) is 13.8. The minimum atomic E-state index is 0.168. The number of oxazole rings is 1. The topological polar surface area (TPSA) is 95.7 Å². The molecule has 0 unspecified atom stereocenters. The highest BCUT2D eigenvalue weighted by molar-refractivity contribution is 5.76. The van der Waals surface area contributed by atoms with Gasteiger partial charge in [0, 0.05) is 32.6 Å². The molecule has 1 aromatic carbocycles. The van der Waals surface area contributed by atoms with Gasteiger partial charge in [-0.2, -0.15) is 10.2 Å². The smallest absolute Gasteiger partial charge is 0.266 e. The van der Waals surface area contributed by atoms with Crippen molar-refractivity contribution in [2.75, 3.05) is 31.1 Å². The third-order valence-electron chi connectivity index (χ3n) is 5.10. The quantitative estimate of drug-likeness (QED) is 0.573. The lowest BCUT2D eigenvalue weighted by atomic mass is 10.2. The van der Waals surface area contributed by atoms with Crippen LogP contribution in [0.1, 0.15) is 31.2 Å². The van der Waals surface area contributed by atoms with E-state index < -0.39 is 0 Å². The summed E-state index contributed by atoms with van der Waals surface area (Å²) in [5.74, 6) is 2.65. The van der Waals surface area contributed by atoms with Gasteiger partial charge in [-0.05, 0) is 30.7 Å². The highest BCUT2D eigenvalue weighted by atomic mass is 16.5. The number of aromatic nitrogens is 1. The predicted octanol–water partition coefficient (Wildman–Crippen LogP) is 3.83. The summed E-state index contributed by atoms with van der Waals surface area (Å²) < 4.78 is 17.4. The number of carbonyl (C=O) groups is 1. The maximum atomic E-state index is 12.1. The summed E-state index contributed by atoms with van der Waals surface area (Å²) in [7, 11) is 0. The molecule has 2 aromatic heterocycles. The van der Waals surface area contributed by atoms with E-state index in [1.807, 2.05) is 47.1 Å². The van der Waals surface area contributed by atoms with Gasteiger partial charge in [0.25, 0.3) is 5.89 Å². The second-order valence-corrected chi connectivity index (χ2v) is 7.27. The van der Waals surface area contributed by atoms with Gasteiger partial charge in [-0.15, -0.1) is 0 Å². The molecule has 0 bridgehead atoms. The van der Waals surface area contributed by atoms with Crippen molar-refractivity contribution in [3.63, 3.8) is 0 Å². The van der Waals surface area contributed by atoms with Gasteiger partial charge in [-0.3, -0.25) is 4.79 Å². The van der Waals surface area contributed by atoms with Crippen molar-refractivity contribution in [3.05, 3.63) is 53.9 Å². The first-order valence-corrected chi connectivity index (χ1v) is 10.4. The molecule has 1 aliphatic heterocycles. The zero-order chi connectivity index (χ0) is 21.6. The molecule has 1 saturated heterocycles. The predicted molar refractivity (Wildman–Crippen MR) is 113 cm³/mol. The van der Waals surface area contributed by atoms with Crippen molar-refractivity contribution in [1.82, 2.24) is 9.88 Å². The summed E-state index contributed by atoms with van der Waals surface area (Å²) in [6.45, 7) is 4.65. The molecule has 1 fully saturated rings. The summed E-state index contributed by atoms with van der Waals surface area (Å²) in [6, 6.07) is 15.1. The lowest BCUT2D eigenvalue weighted by Gasteiger charge is -2.34. The molecule has 0 aliphatic carbocycles. The zero-order valence-electron chi connectivity index (χ0n) is 17.4. The average Bonchev–Trinajstić information content (AvgIpc) is 3.46. The molecule has 0 atom stereocenters. The Kier molecular flexibility index (Phi) is 6.22. The first-order valence-electron chi connectivity index (χ1n) is 10.4. The number of ether oxygens (including phenoxy) is 1. The molecule has 3 aromatic rings. The van der Waals surface area contributed by atoms with E-state index in [2.05, 4.69) is 11.1 Å². The number of amides is 1. The molecule has 31 heavy (non-hydrogen) atoms. The third kappa shape index (κ3) is 4.72. The van der Waals surface area contributed by atoms with Crippen LogP contribution < -0.4 is 9.64 Å². The Morgan fingerprint density at radius 3 is 2.61 bits per heavy atom. The van der Waals surface area contributed by atoms with Crippen molar-refractivity contribution in [2.24, 2.45) is 0 Å². The third-order valence-corrected chi connectivity index (χ3v) is 5.10. The summed E-state index contributed by atoms with van der Waals surface area (Å²) in [5.41, 5.74) is 0.210. The van der Waals surface area contributed by atoms with Gasteiger partial charge in [0.1, 0.15) is 24.2 Å². The molecule has 0 spiro atoms. The van der Waals surface area contributed by atoms with Crippen molar-refractivity contribution >= 4 is 11.8 Å². The number of nitrogens with zero attached hydrogens (tertiary/aromatic N) is 4. The Labute approximate surface area is 180 Å². The SMILES string of the molecule is CCCC(=O)N1CCN(c2oc(-c3ccc(COc4ccccc4)o3)nc2C#N)CC1. The van der Waals surface area contributed by atoms with Gasteiger partial charge >= 0.3 is 0 Å². The summed E-state index contributed by atoms with van der Waals surface area (Å²) in [6.07, 6.45) is 1.40. The summed E-state index contributed by atoms with van der Waals surface area (Å²) in [4.78, 5) is 20.2. The van der Waals surface area contributed by atoms with E-state index in [0.717, 1.165) is 12.2 Å². The number of rotatable bonds is 7. The van der Waals surface area contributed by atoms with Crippen LogP contribution in [0.4, 0.5) is 5.88 Å². The monoisotopic (exact) mass is 420 g/mol. The molecule has 8 heteroatoms. The zero-order valence-corrected chi connectivity index (χ0v) is 17.4. The number of para-hydroxylation sites is 1. The molecular weight excluding hydrogens is 396 g/mol. The number of nitriles is 1. The highest BCUT2D eigenvalue weighted by Gasteiger charge is 2.27. The molecular formula is C23H24N4O4. The van der Waals surface area contributed by atoms with Crippen LogP contribution in [0.25, 0.3) is 11.7 Å². The van der Waals surface area contributed by atoms with Crippen LogP contribution >= 0.6 is 0 Å². The van der Waals surface area contributed by atoms with Crippen LogP contribution in [0.5, 0.6) is 5.75 Å².